The highest BCUT2D eigenvalue weighted by Crippen LogP contribution is 2.32. The lowest BCUT2D eigenvalue weighted by molar-refractivity contribution is 0.0940. The summed E-state index contributed by atoms with van der Waals surface area (Å²) in [6.45, 7) is 6.77. The van der Waals surface area contributed by atoms with Gasteiger partial charge >= 0.3 is 0 Å². The maximum atomic E-state index is 12.8. The minimum absolute atomic E-state index is 0.0657. The molecule has 1 atom stereocenters. The molecule has 2 N–H and O–H groups in total. The van der Waals surface area contributed by atoms with Crippen molar-refractivity contribution in [2.24, 2.45) is 0 Å². The molecule has 1 aliphatic rings. The lowest BCUT2D eigenvalue weighted by atomic mass is 9.99. The molecule has 0 aliphatic carbocycles. The highest BCUT2D eigenvalue weighted by atomic mass is 32.2. The number of hydrogen-bond acceptors (Lipinski definition) is 5. The molecular weight excluding hydrogens is 440 g/mol. The van der Waals surface area contributed by atoms with Gasteiger partial charge in [0.2, 0.25) is 0 Å². The van der Waals surface area contributed by atoms with Gasteiger partial charge in [0, 0.05) is 17.3 Å². The summed E-state index contributed by atoms with van der Waals surface area (Å²) in [6, 6.07) is 16.8. The van der Waals surface area contributed by atoms with Crippen molar-refractivity contribution >= 4 is 21.6 Å². The predicted molar refractivity (Wildman–Crippen MR) is 126 cm³/mol. The number of rotatable bonds is 6. The number of nitrogens with one attached hydrogen (secondary N) is 2. The Morgan fingerprint density at radius 1 is 0.909 bits per heavy atom. The largest absolute Gasteiger partial charge is 0.486 e. The monoisotopic (exact) mass is 466 g/mol. The van der Waals surface area contributed by atoms with Gasteiger partial charge in [-0.15, -0.1) is 0 Å². The standard InChI is InChI=1S/C25H26N2O5S/c1-16-4-5-17(2)22(14-16)18(3)26-25(28)19-6-8-20(9-7-19)27-33(29,30)21-10-11-23-24(15-21)32-13-12-31-23/h4-11,14-15,18,27H,12-13H2,1-3H3,(H,26,28). The second-order valence-corrected chi connectivity index (χ2v) is 9.73. The number of hydrogen-bond donors (Lipinski definition) is 2. The van der Waals surface area contributed by atoms with Crippen LogP contribution >= 0.6 is 0 Å². The molecule has 0 spiro atoms. The van der Waals surface area contributed by atoms with E-state index in [0.717, 1.165) is 16.7 Å². The number of benzene rings is 3. The fraction of sp³-hybridized carbons (Fsp3) is 0.240. The topological polar surface area (TPSA) is 93.7 Å². The SMILES string of the molecule is Cc1ccc(C)c(C(C)NC(=O)c2ccc(NS(=O)(=O)c3ccc4c(c3)OCCO4)cc2)c1. The minimum atomic E-state index is -3.83. The zero-order chi connectivity index (χ0) is 23.6. The predicted octanol–water partition coefficient (Wildman–Crippen LogP) is 4.37. The van der Waals surface area contributed by atoms with Crippen LogP contribution in [0, 0.1) is 13.8 Å². The van der Waals surface area contributed by atoms with E-state index in [1.807, 2.05) is 32.9 Å². The van der Waals surface area contributed by atoms with Crippen molar-refractivity contribution in [1.82, 2.24) is 5.32 Å². The van der Waals surface area contributed by atoms with Gasteiger partial charge in [0.05, 0.1) is 10.9 Å². The molecule has 0 aromatic heterocycles. The molecule has 8 heteroatoms. The zero-order valence-electron chi connectivity index (χ0n) is 18.7. The summed E-state index contributed by atoms with van der Waals surface area (Å²) in [4.78, 5) is 12.8. The summed E-state index contributed by atoms with van der Waals surface area (Å²) in [6.07, 6.45) is 0. The highest BCUT2D eigenvalue weighted by molar-refractivity contribution is 7.92. The van der Waals surface area contributed by atoms with Crippen molar-refractivity contribution in [1.29, 1.82) is 0 Å². The molecule has 1 heterocycles. The van der Waals surface area contributed by atoms with Gasteiger partial charge in [0.1, 0.15) is 13.2 Å². The first-order valence-electron chi connectivity index (χ1n) is 10.6. The molecule has 3 aromatic carbocycles. The molecular formula is C25H26N2O5S. The summed E-state index contributed by atoms with van der Waals surface area (Å²) in [5, 5.41) is 3.00. The van der Waals surface area contributed by atoms with Crippen molar-refractivity contribution in [3.8, 4) is 11.5 Å². The zero-order valence-corrected chi connectivity index (χ0v) is 19.5. The fourth-order valence-corrected chi connectivity index (χ4v) is 4.75. The first kappa shape index (κ1) is 22.7. The van der Waals surface area contributed by atoms with E-state index in [0.29, 0.717) is 36.0 Å². The Morgan fingerprint density at radius 2 is 1.61 bits per heavy atom. The van der Waals surface area contributed by atoms with E-state index in [4.69, 9.17) is 9.47 Å². The summed E-state index contributed by atoms with van der Waals surface area (Å²) < 4.78 is 39.0. The molecule has 4 rings (SSSR count). The first-order chi connectivity index (χ1) is 15.7. The van der Waals surface area contributed by atoms with Crippen molar-refractivity contribution in [3.05, 3.63) is 82.9 Å². The van der Waals surface area contributed by atoms with E-state index in [-0.39, 0.29) is 16.8 Å². The maximum absolute atomic E-state index is 12.8. The fourth-order valence-electron chi connectivity index (χ4n) is 3.68. The Bertz CT molecular complexity index is 1290. The van der Waals surface area contributed by atoms with Gasteiger partial charge in [0.15, 0.2) is 11.5 Å². The second kappa shape index (κ2) is 9.15. The van der Waals surface area contributed by atoms with Crippen molar-refractivity contribution < 1.29 is 22.7 Å². The molecule has 0 fully saturated rings. The van der Waals surface area contributed by atoms with Crippen LogP contribution in [0.3, 0.4) is 0 Å². The third-order valence-corrected chi connectivity index (χ3v) is 6.85. The molecule has 0 bridgehead atoms. The average molecular weight is 467 g/mol. The van der Waals surface area contributed by atoms with E-state index in [9.17, 15) is 13.2 Å². The van der Waals surface area contributed by atoms with Gasteiger partial charge in [-0.2, -0.15) is 0 Å². The van der Waals surface area contributed by atoms with Crippen LogP contribution in [0.5, 0.6) is 11.5 Å². The lowest BCUT2D eigenvalue weighted by Gasteiger charge is -2.19. The third-order valence-electron chi connectivity index (χ3n) is 5.47. The Balaban J connectivity index is 1.44. The highest BCUT2D eigenvalue weighted by Gasteiger charge is 2.20. The van der Waals surface area contributed by atoms with Gasteiger partial charge in [-0.05, 0) is 68.3 Å². The van der Waals surface area contributed by atoms with Crippen LogP contribution < -0.4 is 19.5 Å². The molecule has 1 amide bonds. The van der Waals surface area contributed by atoms with E-state index >= 15 is 0 Å². The summed E-state index contributed by atoms with van der Waals surface area (Å²) in [5.74, 6) is 0.685. The Labute approximate surface area is 193 Å². The van der Waals surface area contributed by atoms with E-state index in [2.05, 4.69) is 16.1 Å². The minimum Gasteiger partial charge on any atom is -0.486 e. The number of carbonyl (C=O) groups is 1. The van der Waals surface area contributed by atoms with Gasteiger partial charge < -0.3 is 14.8 Å². The van der Waals surface area contributed by atoms with Crippen molar-refractivity contribution in [2.75, 3.05) is 17.9 Å². The molecule has 1 unspecified atom stereocenters. The average Bonchev–Trinajstić information content (AvgIpc) is 2.80. The summed E-state index contributed by atoms with van der Waals surface area (Å²) in [5.41, 5.74) is 4.09. The molecule has 1 aliphatic heterocycles. The van der Waals surface area contributed by atoms with Gasteiger partial charge in [-0.3, -0.25) is 9.52 Å². The molecule has 33 heavy (non-hydrogen) atoms. The van der Waals surface area contributed by atoms with Crippen LogP contribution in [-0.4, -0.2) is 27.5 Å². The van der Waals surface area contributed by atoms with E-state index in [1.165, 1.54) is 12.1 Å². The van der Waals surface area contributed by atoms with Crippen LogP contribution in [0.1, 0.15) is 40.0 Å². The molecule has 0 saturated carbocycles. The maximum Gasteiger partial charge on any atom is 0.262 e. The Kier molecular flexibility index (Phi) is 6.29. The van der Waals surface area contributed by atoms with Gasteiger partial charge in [0.25, 0.3) is 15.9 Å². The van der Waals surface area contributed by atoms with Crippen LogP contribution in [0.4, 0.5) is 5.69 Å². The number of fused-ring (bicyclic) bond motifs is 1. The quantitative estimate of drug-likeness (QED) is 0.563. The lowest BCUT2D eigenvalue weighted by Crippen LogP contribution is -2.27. The Morgan fingerprint density at radius 3 is 2.33 bits per heavy atom. The van der Waals surface area contributed by atoms with Gasteiger partial charge in [-0.25, -0.2) is 8.42 Å². The van der Waals surface area contributed by atoms with Crippen LogP contribution in [-0.2, 0) is 10.0 Å². The van der Waals surface area contributed by atoms with Crippen LogP contribution in [0.25, 0.3) is 0 Å². The molecule has 0 saturated heterocycles. The number of aryl methyl sites for hydroxylation is 2. The van der Waals surface area contributed by atoms with Crippen LogP contribution in [0.15, 0.2) is 65.6 Å². The van der Waals surface area contributed by atoms with Crippen LogP contribution in [0.2, 0.25) is 0 Å². The number of carbonyl (C=O) groups excluding carboxylic acids is 1. The van der Waals surface area contributed by atoms with E-state index in [1.54, 1.807) is 30.3 Å². The van der Waals surface area contributed by atoms with E-state index < -0.39 is 10.0 Å². The molecule has 3 aromatic rings. The molecule has 0 radical (unpaired) electrons. The normalized spacial score (nSPS) is 13.8. The summed E-state index contributed by atoms with van der Waals surface area (Å²) in [7, 11) is -3.83. The molecule has 7 nitrogen and oxygen atoms in total. The molecule has 172 valence electrons. The van der Waals surface area contributed by atoms with Crippen molar-refractivity contribution in [3.63, 3.8) is 0 Å². The number of amides is 1. The van der Waals surface area contributed by atoms with Gasteiger partial charge in [-0.1, -0.05) is 23.8 Å². The first-order valence-corrected chi connectivity index (χ1v) is 12.1. The third kappa shape index (κ3) is 5.12. The number of anilines is 1. The number of ether oxygens (including phenoxy) is 2. The van der Waals surface area contributed by atoms with Crippen molar-refractivity contribution in [2.45, 2.75) is 31.7 Å². The smallest absolute Gasteiger partial charge is 0.262 e. The number of sulfonamides is 1. The second-order valence-electron chi connectivity index (χ2n) is 8.04. The summed E-state index contributed by atoms with van der Waals surface area (Å²) >= 11 is 0. The Hall–Kier alpha value is -3.52.